The average Bonchev–Trinajstić information content (AvgIpc) is 2.72. The molecule has 18 heavy (non-hydrogen) atoms. The normalized spacial score (nSPS) is 28.6. The summed E-state index contributed by atoms with van der Waals surface area (Å²) in [6.07, 6.45) is 9.18. The van der Waals surface area contributed by atoms with Crippen molar-refractivity contribution in [1.82, 2.24) is 5.01 Å². The molecule has 0 unspecified atom stereocenters. The highest BCUT2D eigenvalue weighted by atomic mass is 15.6. The summed E-state index contributed by atoms with van der Waals surface area (Å²) in [5.41, 5.74) is 1.31. The van der Waals surface area contributed by atoms with Gasteiger partial charge in [-0.3, -0.25) is 5.01 Å². The van der Waals surface area contributed by atoms with Gasteiger partial charge in [-0.1, -0.05) is 47.7 Å². The van der Waals surface area contributed by atoms with Gasteiger partial charge in [0.15, 0.2) is 0 Å². The fraction of sp³-hybridized carbons (Fsp3) is 0.467. The Morgan fingerprint density at radius 1 is 1.06 bits per heavy atom. The number of nitrogens with zero attached hydrogens (tertiary/aromatic N) is 3. The van der Waals surface area contributed by atoms with E-state index in [0.29, 0.717) is 12.1 Å². The molecule has 3 rings (SSSR count). The zero-order chi connectivity index (χ0) is 12.2. The number of rotatable bonds is 2. The Bertz CT molecular complexity index is 438. The average molecular weight is 241 g/mol. The maximum absolute atomic E-state index is 4.45. The first-order valence-corrected chi connectivity index (χ1v) is 6.80. The highest BCUT2D eigenvalue weighted by Crippen LogP contribution is 2.28. The van der Waals surface area contributed by atoms with Crippen LogP contribution in [0.3, 0.4) is 0 Å². The highest BCUT2D eigenvalue weighted by Gasteiger charge is 2.31. The number of hydrogen-bond donors (Lipinski definition) is 0. The van der Waals surface area contributed by atoms with Crippen LogP contribution in [0.2, 0.25) is 0 Å². The molecule has 0 saturated carbocycles. The van der Waals surface area contributed by atoms with Gasteiger partial charge in [-0.05, 0) is 31.2 Å². The topological polar surface area (TPSA) is 28.0 Å². The molecule has 0 fully saturated rings. The van der Waals surface area contributed by atoms with E-state index < -0.39 is 0 Å². The molecule has 0 radical (unpaired) electrons. The molecule has 0 bridgehead atoms. The van der Waals surface area contributed by atoms with Crippen LogP contribution in [-0.2, 0) is 6.54 Å². The van der Waals surface area contributed by atoms with E-state index in [1.807, 2.05) is 0 Å². The first-order valence-electron chi connectivity index (χ1n) is 6.80. The van der Waals surface area contributed by atoms with Crippen LogP contribution >= 0.6 is 0 Å². The Morgan fingerprint density at radius 2 is 1.83 bits per heavy atom. The van der Waals surface area contributed by atoms with Crippen LogP contribution in [0.25, 0.3) is 0 Å². The standard InChI is InChI=1S/C15H19N3/c1-2-7-11-15-14(10-6-1)16-17-18(15)12-13-8-4-3-5-9-13/h1-5,8-9,14-15H,6-7,10-12H2/b2-1+/t14-,15-/m1/s1. The van der Waals surface area contributed by atoms with Gasteiger partial charge < -0.3 is 0 Å². The van der Waals surface area contributed by atoms with Crippen molar-refractivity contribution < 1.29 is 0 Å². The molecule has 1 aromatic carbocycles. The predicted molar refractivity (Wildman–Crippen MR) is 72.0 cm³/mol. The van der Waals surface area contributed by atoms with Gasteiger partial charge in [-0.2, -0.15) is 5.11 Å². The summed E-state index contributed by atoms with van der Waals surface area (Å²) in [4.78, 5) is 0. The van der Waals surface area contributed by atoms with E-state index in [2.05, 4.69) is 57.8 Å². The van der Waals surface area contributed by atoms with E-state index in [0.717, 1.165) is 25.8 Å². The van der Waals surface area contributed by atoms with Gasteiger partial charge in [-0.25, -0.2) is 0 Å². The minimum atomic E-state index is 0.402. The van der Waals surface area contributed by atoms with Crippen molar-refractivity contribution >= 4 is 0 Å². The zero-order valence-corrected chi connectivity index (χ0v) is 10.6. The lowest BCUT2D eigenvalue weighted by molar-refractivity contribution is 0.197. The van der Waals surface area contributed by atoms with Gasteiger partial charge in [-0.15, -0.1) is 0 Å². The summed E-state index contributed by atoms with van der Waals surface area (Å²) in [5.74, 6) is 0. The molecule has 2 atom stereocenters. The fourth-order valence-corrected chi connectivity index (χ4v) is 2.76. The molecule has 1 aliphatic carbocycles. The van der Waals surface area contributed by atoms with Crippen molar-refractivity contribution in [1.29, 1.82) is 0 Å². The monoisotopic (exact) mass is 241 g/mol. The first-order chi connectivity index (χ1) is 8.93. The van der Waals surface area contributed by atoms with Crippen molar-refractivity contribution in [2.24, 2.45) is 10.3 Å². The molecular formula is C15H19N3. The second kappa shape index (κ2) is 5.34. The smallest absolute Gasteiger partial charge is 0.0952 e. The lowest BCUT2D eigenvalue weighted by atomic mass is 9.96. The Labute approximate surface area is 108 Å². The summed E-state index contributed by atoms with van der Waals surface area (Å²) in [6, 6.07) is 11.4. The van der Waals surface area contributed by atoms with Gasteiger partial charge >= 0.3 is 0 Å². The summed E-state index contributed by atoms with van der Waals surface area (Å²) in [6.45, 7) is 0.884. The van der Waals surface area contributed by atoms with Gasteiger partial charge in [0, 0.05) is 0 Å². The SMILES string of the molecule is C1=C/CC[C@H]2N=NN(Cc3ccccc3)[C@@H]2CC/1. The zero-order valence-electron chi connectivity index (χ0n) is 10.6. The summed E-state index contributed by atoms with van der Waals surface area (Å²) in [5, 5.41) is 11.0. The molecule has 0 saturated heterocycles. The number of benzene rings is 1. The van der Waals surface area contributed by atoms with Gasteiger partial charge in [0.25, 0.3) is 0 Å². The second-order valence-corrected chi connectivity index (χ2v) is 5.05. The second-order valence-electron chi connectivity index (χ2n) is 5.05. The molecule has 1 aliphatic heterocycles. The summed E-state index contributed by atoms with van der Waals surface area (Å²) < 4.78 is 0. The number of fused-ring (bicyclic) bond motifs is 1. The molecule has 0 spiro atoms. The quantitative estimate of drug-likeness (QED) is 0.725. The Morgan fingerprint density at radius 3 is 2.67 bits per heavy atom. The molecule has 3 nitrogen and oxygen atoms in total. The van der Waals surface area contributed by atoms with Crippen LogP contribution in [0.4, 0.5) is 0 Å². The van der Waals surface area contributed by atoms with Crippen LogP contribution < -0.4 is 0 Å². The Balaban J connectivity index is 1.70. The van der Waals surface area contributed by atoms with E-state index >= 15 is 0 Å². The fourth-order valence-electron chi connectivity index (χ4n) is 2.76. The lowest BCUT2D eigenvalue weighted by Gasteiger charge is -2.26. The van der Waals surface area contributed by atoms with E-state index in [4.69, 9.17) is 0 Å². The van der Waals surface area contributed by atoms with E-state index in [-0.39, 0.29) is 0 Å². The van der Waals surface area contributed by atoms with E-state index in [1.54, 1.807) is 0 Å². The van der Waals surface area contributed by atoms with Gasteiger partial charge in [0.1, 0.15) is 0 Å². The molecule has 1 heterocycles. The van der Waals surface area contributed by atoms with Crippen LogP contribution in [0.1, 0.15) is 31.2 Å². The van der Waals surface area contributed by atoms with E-state index in [1.165, 1.54) is 12.0 Å². The summed E-state index contributed by atoms with van der Waals surface area (Å²) in [7, 11) is 0. The first kappa shape index (κ1) is 11.5. The maximum atomic E-state index is 4.45. The minimum Gasteiger partial charge on any atom is -0.269 e. The number of hydrogen-bond acceptors (Lipinski definition) is 3. The van der Waals surface area contributed by atoms with Crippen molar-refractivity contribution in [3.05, 3.63) is 48.0 Å². The van der Waals surface area contributed by atoms with Crippen molar-refractivity contribution in [3.63, 3.8) is 0 Å². The molecule has 1 aromatic rings. The predicted octanol–water partition coefficient (Wildman–Crippen LogP) is 3.74. The molecular weight excluding hydrogens is 222 g/mol. The van der Waals surface area contributed by atoms with E-state index in [9.17, 15) is 0 Å². The lowest BCUT2D eigenvalue weighted by Crippen LogP contribution is -2.34. The molecule has 2 aliphatic rings. The van der Waals surface area contributed by atoms with Crippen LogP contribution in [0, 0.1) is 0 Å². The molecule has 3 heteroatoms. The van der Waals surface area contributed by atoms with Crippen LogP contribution in [-0.4, -0.2) is 17.1 Å². The minimum absolute atomic E-state index is 0.402. The molecule has 0 N–H and O–H groups in total. The van der Waals surface area contributed by atoms with Crippen LogP contribution in [0.15, 0.2) is 52.8 Å². The van der Waals surface area contributed by atoms with Crippen molar-refractivity contribution in [2.75, 3.05) is 0 Å². The van der Waals surface area contributed by atoms with Crippen LogP contribution in [0.5, 0.6) is 0 Å². The van der Waals surface area contributed by atoms with Crippen molar-refractivity contribution in [2.45, 2.75) is 44.3 Å². The van der Waals surface area contributed by atoms with Gasteiger partial charge in [0.05, 0.1) is 18.6 Å². The summed E-state index contributed by atoms with van der Waals surface area (Å²) >= 11 is 0. The third-order valence-corrected chi connectivity index (χ3v) is 3.75. The Kier molecular flexibility index (Phi) is 3.40. The number of allylic oxidation sites excluding steroid dienone is 2. The third kappa shape index (κ3) is 2.45. The third-order valence-electron chi connectivity index (χ3n) is 3.75. The van der Waals surface area contributed by atoms with Gasteiger partial charge in [0.2, 0.25) is 0 Å². The molecule has 0 amide bonds. The molecule has 94 valence electrons. The molecule has 0 aromatic heterocycles. The largest absolute Gasteiger partial charge is 0.269 e. The van der Waals surface area contributed by atoms with Crippen molar-refractivity contribution in [3.8, 4) is 0 Å². The highest BCUT2D eigenvalue weighted by molar-refractivity contribution is 5.14. The Hall–Kier alpha value is -1.64. The maximum Gasteiger partial charge on any atom is 0.0952 e.